The molecule has 0 aliphatic heterocycles. The predicted molar refractivity (Wildman–Crippen MR) is 92.2 cm³/mol. The quantitative estimate of drug-likeness (QED) is 0.875. The average Bonchev–Trinajstić information content (AvgIpc) is 2.75. The lowest BCUT2D eigenvalue weighted by molar-refractivity contribution is -0.138. The van der Waals surface area contributed by atoms with Crippen LogP contribution < -0.4 is 5.32 Å². The monoisotopic (exact) mass is 334 g/mol. The van der Waals surface area contributed by atoms with Gasteiger partial charge in [0.2, 0.25) is 0 Å². The number of hydrogen-bond acceptors (Lipinski definition) is 4. The van der Waals surface area contributed by atoms with E-state index in [-0.39, 0.29) is 12.3 Å². The van der Waals surface area contributed by atoms with E-state index in [1.54, 1.807) is 6.92 Å². The lowest BCUT2D eigenvalue weighted by atomic mass is 9.94. The highest BCUT2D eigenvalue weighted by molar-refractivity contribution is 7.20. The SMILES string of the molecule is CC[C@@](C)(CC(=O)O)NC(=O)c1sc2nc(C)cc(C)c2c1C. The first-order valence-electron chi connectivity index (χ1n) is 7.58. The zero-order valence-corrected chi connectivity index (χ0v) is 14.9. The highest BCUT2D eigenvalue weighted by Crippen LogP contribution is 2.32. The van der Waals surface area contributed by atoms with Crippen LogP contribution in [0.1, 0.15) is 53.2 Å². The molecule has 6 heteroatoms. The molecule has 2 heterocycles. The molecule has 1 atom stereocenters. The molecular weight excluding hydrogens is 312 g/mol. The Hall–Kier alpha value is -1.95. The van der Waals surface area contributed by atoms with E-state index >= 15 is 0 Å². The molecule has 124 valence electrons. The van der Waals surface area contributed by atoms with Crippen molar-refractivity contribution in [2.24, 2.45) is 0 Å². The molecule has 1 amide bonds. The number of amides is 1. The summed E-state index contributed by atoms with van der Waals surface area (Å²) in [5.41, 5.74) is 2.17. The number of aryl methyl sites for hydroxylation is 3. The van der Waals surface area contributed by atoms with Gasteiger partial charge in [-0.05, 0) is 51.3 Å². The van der Waals surface area contributed by atoms with E-state index in [4.69, 9.17) is 5.11 Å². The zero-order chi connectivity index (χ0) is 17.4. The Bertz CT molecular complexity index is 782. The third-order valence-corrected chi connectivity index (χ3v) is 5.35. The first-order chi connectivity index (χ1) is 10.7. The fourth-order valence-electron chi connectivity index (χ4n) is 2.76. The summed E-state index contributed by atoms with van der Waals surface area (Å²) in [5.74, 6) is -1.15. The van der Waals surface area contributed by atoms with Crippen LogP contribution in [0.2, 0.25) is 0 Å². The Labute approximate surface area is 139 Å². The third-order valence-electron chi connectivity index (χ3n) is 4.17. The lowest BCUT2D eigenvalue weighted by Gasteiger charge is -2.27. The van der Waals surface area contributed by atoms with Crippen LogP contribution >= 0.6 is 11.3 Å². The maximum atomic E-state index is 12.7. The van der Waals surface area contributed by atoms with Crippen LogP contribution in [-0.2, 0) is 4.79 Å². The summed E-state index contributed by atoms with van der Waals surface area (Å²) in [4.78, 5) is 29.7. The standard InChI is InChI=1S/C17H22N2O3S/c1-6-17(5,8-12(20)21)19-15(22)14-11(4)13-9(2)7-10(3)18-16(13)23-14/h7H,6,8H2,1-5H3,(H,19,22)(H,20,21)/t17-/m0/s1. The number of thiophene rings is 1. The van der Waals surface area contributed by atoms with Crippen molar-refractivity contribution in [2.45, 2.75) is 53.0 Å². The van der Waals surface area contributed by atoms with Crippen molar-refractivity contribution in [3.05, 3.63) is 27.8 Å². The molecule has 0 spiro atoms. The van der Waals surface area contributed by atoms with E-state index in [1.807, 2.05) is 33.8 Å². The van der Waals surface area contributed by atoms with E-state index in [0.29, 0.717) is 11.3 Å². The number of hydrogen-bond donors (Lipinski definition) is 2. The van der Waals surface area contributed by atoms with Gasteiger partial charge in [0.1, 0.15) is 4.83 Å². The molecule has 2 aromatic rings. The number of nitrogens with one attached hydrogen (secondary N) is 1. The second-order valence-corrected chi connectivity index (χ2v) is 7.25. The smallest absolute Gasteiger partial charge is 0.305 e. The molecule has 0 radical (unpaired) electrons. The Kier molecular flexibility index (Phi) is 4.75. The van der Waals surface area contributed by atoms with Gasteiger partial charge in [-0.3, -0.25) is 9.59 Å². The van der Waals surface area contributed by atoms with Crippen LogP contribution in [0.3, 0.4) is 0 Å². The Morgan fingerprint density at radius 3 is 2.57 bits per heavy atom. The molecule has 2 aromatic heterocycles. The summed E-state index contributed by atoms with van der Waals surface area (Å²) in [6.07, 6.45) is 0.445. The summed E-state index contributed by atoms with van der Waals surface area (Å²) in [6, 6.07) is 2.00. The summed E-state index contributed by atoms with van der Waals surface area (Å²) < 4.78 is 0. The molecule has 0 aliphatic carbocycles. The van der Waals surface area contributed by atoms with Gasteiger partial charge in [0.15, 0.2) is 0 Å². The van der Waals surface area contributed by atoms with Crippen LogP contribution in [0.15, 0.2) is 6.07 Å². The fraction of sp³-hybridized carbons (Fsp3) is 0.471. The van der Waals surface area contributed by atoms with Crippen LogP contribution in [0.5, 0.6) is 0 Å². The molecular formula is C17H22N2O3S. The topological polar surface area (TPSA) is 79.3 Å². The summed E-state index contributed by atoms with van der Waals surface area (Å²) in [5, 5.41) is 12.9. The first kappa shape index (κ1) is 17.4. The lowest BCUT2D eigenvalue weighted by Crippen LogP contribution is -2.46. The molecule has 0 aromatic carbocycles. The number of nitrogens with zero attached hydrogens (tertiary/aromatic N) is 1. The van der Waals surface area contributed by atoms with Crippen LogP contribution in [0.25, 0.3) is 10.2 Å². The average molecular weight is 334 g/mol. The minimum absolute atomic E-state index is 0.102. The van der Waals surface area contributed by atoms with Crippen LogP contribution in [0, 0.1) is 20.8 Å². The van der Waals surface area contributed by atoms with E-state index < -0.39 is 11.5 Å². The second-order valence-electron chi connectivity index (χ2n) is 6.26. The van der Waals surface area contributed by atoms with Crippen LogP contribution in [-0.4, -0.2) is 27.5 Å². The maximum Gasteiger partial charge on any atom is 0.305 e. The summed E-state index contributed by atoms with van der Waals surface area (Å²) in [7, 11) is 0. The Morgan fingerprint density at radius 2 is 2.00 bits per heavy atom. The molecule has 2 N–H and O–H groups in total. The zero-order valence-electron chi connectivity index (χ0n) is 14.1. The van der Waals surface area contributed by atoms with Crippen molar-refractivity contribution in [3.63, 3.8) is 0 Å². The van der Waals surface area contributed by atoms with Crippen molar-refractivity contribution >= 4 is 33.4 Å². The molecule has 0 saturated heterocycles. The molecule has 23 heavy (non-hydrogen) atoms. The number of aliphatic carboxylic acids is 1. The van der Waals surface area contributed by atoms with Gasteiger partial charge in [-0.1, -0.05) is 6.92 Å². The molecule has 0 saturated carbocycles. The van der Waals surface area contributed by atoms with Crippen molar-refractivity contribution in [1.29, 1.82) is 0 Å². The van der Waals surface area contributed by atoms with Crippen LogP contribution in [0.4, 0.5) is 0 Å². The number of carboxylic acids is 1. The van der Waals surface area contributed by atoms with Gasteiger partial charge in [-0.15, -0.1) is 11.3 Å². The van der Waals surface area contributed by atoms with Crippen molar-refractivity contribution in [1.82, 2.24) is 10.3 Å². The molecule has 0 unspecified atom stereocenters. The Balaban J connectivity index is 2.40. The number of fused-ring (bicyclic) bond motifs is 1. The Morgan fingerprint density at radius 1 is 1.35 bits per heavy atom. The summed E-state index contributed by atoms with van der Waals surface area (Å²) >= 11 is 1.36. The second kappa shape index (κ2) is 6.28. The number of carbonyl (C=O) groups is 2. The van der Waals surface area contributed by atoms with Gasteiger partial charge in [-0.2, -0.15) is 0 Å². The van der Waals surface area contributed by atoms with Gasteiger partial charge in [0.05, 0.1) is 11.3 Å². The number of carbonyl (C=O) groups excluding carboxylic acids is 1. The van der Waals surface area contributed by atoms with Crippen molar-refractivity contribution in [3.8, 4) is 0 Å². The number of aromatic nitrogens is 1. The number of rotatable bonds is 5. The van der Waals surface area contributed by atoms with Gasteiger partial charge >= 0.3 is 5.97 Å². The molecule has 0 fully saturated rings. The minimum Gasteiger partial charge on any atom is -0.481 e. The van der Waals surface area contributed by atoms with E-state index in [0.717, 1.165) is 27.0 Å². The van der Waals surface area contributed by atoms with E-state index in [2.05, 4.69) is 10.3 Å². The minimum atomic E-state index is -0.921. The van der Waals surface area contributed by atoms with Gasteiger partial charge in [0.25, 0.3) is 5.91 Å². The van der Waals surface area contributed by atoms with E-state index in [9.17, 15) is 9.59 Å². The highest BCUT2D eigenvalue weighted by atomic mass is 32.1. The number of pyridine rings is 1. The molecule has 2 rings (SSSR count). The van der Waals surface area contributed by atoms with Gasteiger partial charge in [-0.25, -0.2) is 4.98 Å². The molecule has 0 bridgehead atoms. The van der Waals surface area contributed by atoms with Gasteiger partial charge < -0.3 is 10.4 Å². The van der Waals surface area contributed by atoms with Crippen molar-refractivity contribution in [2.75, 3.05) is 0 Å². The van der Waals surface area contributed by atoms with Crippen molar-refractivity contribution < 1.29 is 14.7 Å². The van der Waals surface area contributed by atoms with Gasteiger partial charge in [0, 0.05) is 16.6 Å². The first-order valence-corrected chi connectivity index (χ1v) is 8.40. The summed E-state index contributed by atoms with van der Waals surface area (Å²) in [6.45, 7) is 9.49. The predicted octanol–water partition coefficient (Wildman–Crippen LogP) is 3.59. The third kappa shape index (κ3) is 3.52. The normalized spacial score (nSPS) is 13.8. The largest absolute Gasteiger partial charge is 0.481 e. The maximum absolute atomic E-state index is 12.7. The molecule has 5 nitrogen and oxygen atoms in total. The molecule has 0 aliphatic rings. The number of carboxylic acid groups (broad SMARTS) is 1. The highest BCUT2D eigenvalue weighted by Gasteiger charge is 2.29. The van der Waals surface area contributed by atoms with E-state index in [1.165, 1.54) is 11.3 Å². The fourth-order valence-corrected chi connectivity index (χ4v) is 3.96.